The lowest BCUT2D eigenvalue weighted by molar-refractivity contribution is 0.275. The fourth-order valence-corrected chi connectivity index (χ4v) is 3.56. The van der Waals surface area contributed by atoms with Gasteiger partial charge in [-0.15, -0.1) is 0 Å². The number of aliphatic hydroxyl groups excluding tert-OH is 1. The van der Waals surface area contributed by atoms with Gasteiger partial charge in [-0.3, -0.25) is 0 Å². The van der Waals surface area contributed by atoms with Gasteiger partial charge in [0.15, 0.2) is 0 Å². The first-order valence-corrected chi connectivity index (χ1v) is 7.68. The average Bonchev–Trinajstić information content (AvgIpc) is 2.82. The third kappa shape index (κ3) is 2.58. The summed E-state index contributed by atoms with van der Waals surface area (Å²) in [4.78, 5) is 0.364. The van der Waals surface area contributed by atoms with E-state index in [4.69, 9.17) is 5.11 Å². The molecule has 0 saturated carbocycles. The number of benzene rings is 1. The molecule has 0 aliphatic heterocycles. The summed E-state index contributed by atoms with van der Waals surface area (Å²) in [7, 11) is -1.86. The molecular formula is C13H19NO3S. The minimum atomic E-state index is -3.41. The third-order valence-corrected chi connectivity index (χ3v) is 5.26. The van der Waals surface area contributed by atoms with Gasteiger partial charge in [-0.05, 0) is 48.9 Å². The number of hydrogen-bond donors (Lipinski definition) is 1. The molecule has 1 aliphatic rings. The van der Waals surface area contributed by atoms with E-state index in [1.54, 1.807) is 19.2 Å². The van der Waals surface area contributed by atoms with E-state index in [9.17, 15) is 8.42 Å². The van der Waals surface area contributed by atoms with Gasteiger partial charge in [-0.25, -0.2) is 12.7 Å². The lowest BCUT2D eigenvalue weighted by Gasteiger charge is -2.17. The minimum absolute atomic E-state index is 0.00402. The zero-order valence-electron chi connectivity index (χ0n) is 10.6. The second-order valence-corrected chi connectivity index (χ2v) is 6.73. The maximum absolute atomic E-state index is 12.3. The van der Waals surface area contributed by atoms with Gasteiger partial charge in [0, 0.05) is 20.2 Å². The van der Waals surface area contributed by atoms with Crippen LogP contribution in [0.15, 0.2) is 23.1 Å². The summed E-state index contributed by atoms with van der Waals surface area (Å²) in [5, 5.41) is 8.76. The maximum Gasteiger partial charge on any atom is 0.242 e. The van der Waals surface area contributed by atoms with Crippen molar-refractivity contribution in [2.45, 2.75) is 30.6 Å². The molecule has 0 aromatic heterocycles. The van der Waals surface area contributed by atoms with Crippen LogP contribution in [0.2, 0.25) is 0 Å². The Morgan fingerprint density at radius 2 is 2.00 bits per heavy atom. The highest BCUT2D eigenvalue weighted by Crippen LogP contribution is 2.25. The molecule has 1 aliphatic carbocycles. The predicted molar refractivity (Wildman–Crippen MR) is 70.0 cm³/mol. The van der Waals surface area contributed by atoms with Crippen LogP contribution in [0.3, 0.4) is 0 Å². The molecule has 0 fully saturated rings. The molecule has 1 aromatic rings. The Hall–Kier alpha value is -0.910. The summed E-state index contributed by atoms with van der Waals surface area (Å²) >= 11 is 0. The monoisotopic (exact) mass is 269 g/mol. The average molecular weight is 269 g/mol. The first-order valence-electron chi connectivity index (χ1n) is 6.24. The fourth-order valence-electron chi connectivity index (χ4n) is 2.30. The van der Waals surface area contributed by atoms with Crippen LogP contribution in [0.1, 0.15) is 24.0 Å². The molecule has 0 heterocycles. The summed E-state index contributed by atoms with van der Waals surface area (Å²) in [6.45, 7) is 0.347. The molecule has 100 valence electrons. The van der Waals surface area contributed by atoms with Gasteiger partial charge in [0.1, 0.15) is 0 Å². The van der Waals surface area contributed by atoms with Crippen LogP contribution < -0.4 is 0 Å². The van der Waals surface area contributed by atoms with Crippen molar-refractivity contribution in [3.63, 3.8) is 0 Å². The van der Waals surface area contributed by atoms with Crippen molar-refractivity contribution in [3.05, 3.63) is 29.3 Å². The van der Waals surface area contributed by atoms with Crippen LogP contribution in [-0.2, 0) is 22.9 Å². The van der Waals surface area contributed by atoms with Crippen molar-refractivity contribution >= 4 is 10.0 Å². The van der Waals surface area contributed by atoms with Crippen molar-refractivity contribution in [2.24, 2.45) is 0 Å². The zero-order valence-corrected chi connectivity index (χ0v) is 11.4. The van der Waals surface area contributed by atoms with Gasteiger partial charge in [0.05, 0.1) is 4.90 Å². The lowest BCUT2D eigenvalue weighted by Crippen LogP contribution is -2.28. The Bertz CT molecular complexity index is 525. The summed E-state index contributed by atoms with van der Waals surface area (Å²) in [5.74, 6) is 0. The van der Waals surface area contributed by atoms with Crippen molar-refractivity contribution in [1.29, 1.82) is 0 Å². The number of aryl methyl sites for hydroxylation is 2. The van der Waals surface area contributed by atoms with E-state index in [1.807, 2.05) is 6.07 Å². The van der Waals surface area contributed by atoms with Crippen LogP contribution in [0.25, 0.3) is 0 Å². The fraction of sp³-hybridized carbons (Fsp3) is 0.538. The molecule has 4 nitrogen and oxygen atoms in total. The molecule has 5 heteroatoms. The van der Waals surface area contributed by atoms with E-state index in [0.29, 0.717) is 17.9 Å². The van der Waals surface area contributed by atoms with Gasteiger partial charge >= 0.3 is 0 Å². The van der Waals surface area contributed by atoms with Gasteiger partial charge in [0.2, 0.25) is 10.0 Å². The van der Waals surface area contributed by atoms with Crippen molar-refractivity contribution < 1.29 is 13.5 Å². The van der Waals surface area contributed by atoms with Crippen LogP contribution in [0.5, 0.6) is 0 Å². The molecule has 18 heavy (non-hydrogen) atoms. The van der Waals surface area contributed by atoms with E-state index in [2.05, 4.69) is 0 Å². The standard InChI is InChI=1S/C13H19NO3S/c1-14(8-3-9-15)18(16,17)13-7-6-11-4-2-5-12(11)10-13/h6-7,10,15H,2-5,8-9H2,1H3. The summed E-state index contributed by atoms with van der Waals surface area (Å²) < 4.78 is 25.9. The highest BCUT2D eigenvalue weighted by molar-refractivity contribution is 7.89. The minimum Gasteiger partial charge on any atom is -0.396 e. The van der Waals surface area contributed by atoms with Crippen molar-refractivity contribution in [1.82, 2.24) is 4.31 Å². The molecule has 0 amide bonds. The molecule has 0 radical (unpaired) electrons. The number of rotatable bonds is 5. The third-order valence-electron chi connectivity index (χ3n) is 3.41. The maximum atomic E-state index is 12.3. The summed E-state index contributed by atoms with van der Waals surface area (Å²) in [6, 6.07) is 5.41. The second kappa shape index (κ2) is 5.38. The van der Waals surface area contributed by atoms with E-state index >= 15 is 0 Å². The SMILES string of the molecule is CN(CCCO)S(=O)(=O)c1ccc2c(c1)CCC2. The second-order valence-electron chi connectivity index (χ2n) is 4.69. The first-order chi connectivity index (χ1) is 8.55. The first kappa shape index (κ1) is 13.5. The number of nitrogens with zero attached hydrogens (tertiary/aromatic N) is 1. The quantitative estimate of drug-likeness (QED) is 0.873. The van der Waals surface area contributed by atoms with Crippen LogP contribution in [0, 0.1) is 0 Å². The molecule has 0 atom stereocenters. The van der Waals surface area contributed by atoms with E-state index in [1.165, 1.54) is 9.87 Å². The van der Waals surface area contributed by atoms with Crippen LogP contribution in [-0.4, -0.2) is 38.0 Å². The van der Waals surface area contributed by atoms with Gasteiger partial charge < -0.3 is 5.11 Å². The largest absolute Gasteiger partial charge is 0.396 e. The normalized spacial score (nSPS) is 15.1. The van der Waals surface area contributed by atoms with E-state index in [0.717, 1.165) is 24.8 Å². The zero-order chi connectivity index (χ0) is 13.2. The Balaban J connectivity index is 2.24. The van der Waals surface area contributed by atoms with Crippen LogP contribution in [0.4, 0.5) is 0 Å². The van der Waals surface area contributed by atoms with E-state index in [-0.39, 0.29) is 6.61 Å². The highest BCUT2D eigenvalue weighted by Gasteiger charge is 2.22. The molecule has 1 aromatic carbocycles. The van der Waals surface area contributed by atoms with Crippen LogP contribution >= 0.6 is 0 Å². The van der Waals surface area contributed by atoms with Gasteiger partial charge in [-0.2, -0.15) is 0 Å². The highest BCUT2D eigenvalue weighted by atomic mass is 32.2. The van der Waals surface area contributed by atoms with Crippen molar-refractivity contribution in [3.8, 4) is 0 Å². The smallest absolute Gasteiger partial charge is 0.242 e. The van der Waals surface area contributed by atoms with Gasteiger partial charge in [-0.1, -0.05) is 6.07 Å². The Morgan fingerprint density at radius 3 is 2.72 bits per heavy atom. The molecule has 0 unspecified atom stereocenters. The summed E-state index contributed by atoms with van der Waals surface area (Å²) in [5.41, 5.74) is 2.43. The molecular weight excluding hydrogens is 250 g/mol. The molecule has 0 spiro atoms. The Kier molecular flexibility index (Phi) is 4.04. The number of hydrogen-bond acceptors (Lipinski definition) is 3. The topological polar surface area (TPSA) is 57.6 Å². The van der Waals surface area contributed by atoms with Gasteiger partial charge in [0.25, 0.3) is 0 Å². The molecule has 2 rings (SSSR count). The summed E-state index contributed by atoms with van der Waals surface area (Å²) in [6.07, 6.45) is 3.59. The predicted octanol–water partition coefficient (Wildman–Crippen LogP) is 1.18. The molecule has 0 bridgehead atoms. The van der Waals surface area contributed by atoms with E-state index < -0.39 is 10.0 Å². The Labute approximate surface area is 108 Å². The lowest BCUT2D eigenvalue weighted by atomic mass is 10.1. The Morgan fingerprint density at radius 1 is 1.28 bits per heavy atom. The number of fused-ring (bicyclic) bond motifs is 1. The number of sulfonamides is 1. The molecule has 0 saturated heterocycles. The number of aliphatic hydroxyl groups is 1. The molecule has 1 N–H and O–H groups in total. The van der Waals surface area contributed by atoms with Crippen molar-refractivity contribution in [2.75, 3.05) is 20.2 Å².